The van der Waals surface area contributed by atoms with Gasteiger partial charge in [-0.2, -0.15) is 0 Å². The third kappa shape index (κ3) is 3.13. The number of nitrogens with two attached hydrogens (primary N) is 1. The Morgan fingerprint density at radius 3 is 2.79 bits per heavy atom. The van der Waals surface area contributed by atoms with Gasteiger partial charge in [0.15, 0.2) is 10.8 Å². The summed E-state index contributed by atoms with van der Waals surface area (Å²) in [5.41, 5.74) is 5.65. The second-order valence-electron chi connectivity index (χ2n) is 1.97. The van der Waals surface area contributed by atoms with Gasteiger partial charge in [-0.05, 0) is 11.6 Å². The van der Waals surface area contributed by atoms with Gasteiger partial charge in [0.05, 0.1) is 0 Å². The summed E-state index contributed by atoms with van der Waals surface area (Å²) in [6, 6.07) is 0. The number of carbonyl (C=O) groups excluding carboxylic acids is 1. The summed E-state index contributed by atoms with van der Waals surface area (Å²) in [6.07, 6.45) is 0. The predicted octanol–water partition coefficient (Wildman–Crippen LogP) is 1.26. The fraction of sp³-hybridized carbons (Fsp3) is 0.167. The van der Waals surface area contributed by atoms with Crippen molar-refractivity contribution in [3.63, 3.8) is 0 Å². The monoisotopic (exact) mass is 255 g/mol. The van der Waals surface area contributed by atoms with Crippen LogP contribution in [0.3, 0.4) is 0 Å². The van der Waals surface area contributed by atoms with Crippen LogP contribution in [0.4, 0.5) is 5.13 Å². The Kier molecular flexibility index (Phi) is 5.44. The van der Waals surface area contributed by atoms with E-state index < -0.39 is 5.24 Å². The zero-order valence-corrected chi connectivity index (χ0v) is 9.45. The number of anilines is 1. The van der Waals surface area contributed by atoms with Crippen LogP contribution in [-0.4, -0.2) is 23.0 Å². The molecule has 1 heterocycles. The summed E-state index contributed by atoms with van der Waals surface area (Å²) >= 11 is 6.44. The summed E-state index contributed by atoms with van der Waals surface area (Å²) in [5, 5.41) is 4.62. The van der Waals surface area contributed by atoms with E-state index in [-0.39, 0.29) is 18.1 Å². The fourth-order valence-electron chi connectivity index (χ4n) is 0.671. The number of aromatic nitrogens is 1. The highest BCUT2D eigenvalue weighted by Crippen LogP contribution is 2.13. The third-order valence-corrected chi connectivity index (χ3v) is 1.99. The van der Waals surface area contributed by atoms with Gasteiger partial charge in [0.25, 0.3) is 5.24 Å². The van der Waals surface area contributed by atoms with Crippen molar-refractivity contribution in [1.82, 2.24) is 4.98 Å². The number of hydrogen-bond donors (Lipinski definition) is 1. The topological polar surface area (TPSA) is 77.6 Å². The lowest BCUT2D eigenvalue weighted by atomic mass is 10.3. The zero-order valence-electron chi connectivity index (χ0n) is 7.06. The number of hydrogen-bond acceptors (Lipinski definition) is 6. The van der Waals surface area contributed by atoms with Gasteiger partial charge in [0, 0.05) is 5.38 Å². The summed E-state index contributed by atoms with van der Waals surface area (Å²) < 4.78 is 0. The summed E-state index contributed by atoms with van der Waals surface area (Å²) in [7, 11) is 1.32. The molecule has 1 aromatic heterocycles. The molecule has 1 rings (SSSR count). The molecule has 0 fully saturated rings. The Morgan fingerprint density at radius 2 is 2.43 bits per heavy atom. The second-order valence-corrected chi connectivity index (χ2v) is 3.20. The molecule has 0 aliphatic heterocycles. The number of thiazole rings is 1. The van der Waals surface area contributed by atoms with E-state index in [0.717, 1.165) is 0 Å². The first-order valence-corrected chi connectivity index (χ1v) is 4.43. The van der Waals surface area contributed by atoms with Gasteiger partial charge in [0.1, 0.15) is 12.8 Å². The Hall–Kier alpha value is -0.850. The predicted molar refractivity (Wildman–Crippen MR) is 58.2 cm³/mol. The summed E-state index contributed by atoms with van der Waals surface area (Å²) in [6.45, 7) is 0. The zero-order chi connectivity index (χ0) is 9.84. The van der Waals surface area contributed by atoms with Gasteiger partial charge in [-0.3, -0.25) is 4.79 Å². The second kappa shape index (κ2) is 5.79. The molecule has 8 heteroatoms. The van der Waals surface area contributed by atoms with Crippen molar-refractivity contribution >= 4 is 51.4 Å². The molecule has 0 saturated carbocycles. The molecule has 2 N–H and O–H groups in total. The molecule has 78 valence electrons. The molecular formula is C6H7Cl2N3O2S. The standard InChI is InChI=1S/C6H6ClN3O2S.ClH/c1-12-10-4(5(7)11)3-2-13-6(8)9-3;/h2H,1H3,(H2,8,9);1H/b10-4-;. The van der Waals surface area contributed by atoms with E-state index in [4.69, 9.17) is 17.3 Å². The van der Waals surface area contributed by atoms with Crippen LogP contribution in [0.2, 0.25) is 0 Å². The maximum Gasteiger partial charge on any atom is 0.276 e. The quantitative estimate of drug-likeness (QED) is 0.501. The number of halogens is 2. The van der Waals surface area contributed by atoms with Crippen LogP contribution < -0.4 is 5.73 Å². The average Bonchev–Trinajstić information content (AvgIpc) is 2.46. The maximum absolute atomic E-state index is 10.8. The minimum Gasteiger partial charge on any atom is -0.398 e. The van der Waals surface area contributed by atoms with Gasteiger partial charge >= 0.3 is 0 Å². The van der Waals surface area contributed by atoms with E-state index in [1.54, 1.807) is 5.38 Å². The van der Waals surface area contributed by atoms with E-state index >= 15 is 0 Å². The molecule has 0 bridgehead atoms. The van der Waals surface area contributed by atoms with Crippen LogP contribution in [0.15, 0.2) is 10.5 Å². The Bertz CT molecular complexity index is 353. The maximum atomic E-state index is 10.8. The first-order chi connectivity index (χ1) is 6.15. The molecule has 0 spiro atoms. The fourth-order valence-corrected chi connectivity index (χ4v) is 1.35. The van der Waals surface area contributed by atoms with Crippen LogP contribution in [0.5, 0.6) is 0 Å². The molecule has 0 aliphatic carbocycles. The molecule has 0 aliphatic rings. The number of nitrogens with zero attached hydrogens (tertiary/aromatic N) is 2. The summed E-state index contributed by atoms with van der Waals surface area (Å²) in [4.78, 5) is 19.1. The number of oxime groups is 1. The molecular weight excluding hydrogens is 249 g/mol. The molecule has 0 saturated heterocycles. The molecule has 0 radical (unpaired) electrons. The third-order valence-electron chi connectivity index (χ3n) is 1.13. The van der Waals surface area contributed by atoms with E-state index in [0.29, 0.717) is 10.8 Å². The Labute approximate surface area is 95.3 Å². The molecule has 1 aromatic rings. The first-order valence-electron chi connectivity index (χ1n) is 3.17. The molecule has 5 nitrogen and oxygen atoms in total. The lowest BCUT2D eigenvalue weighted by Crippen LogP contribution is -2.10. The largest absolute Gasteiger partial charge is 0.398 e. The number of rotatable bonds is 3. The molecule has 0 unspecified atom stereocenters. The van der Waals surface area contributed by atoms with Crippen molar-refractivity contribution in [3.05, 3.63) is 11.1 Å². The van der Waals surface area contributed by atoms with E-state index in [2.05, 4.69) is 15.0 Å². The molecule has 0 aromatic carbocycles. The van der Waals surface area contributed by atoms with E-state index in [1.165, 1.54) is 18.4 Å². The molecule has 14 heavy (non-hydrogen) atoms. The van der Waals surface area contributed by atoms with Gasteiger partial charge in [-0.1, -0.05) is 5.16 Å². The average molecular weight is 256 g/mol. The number of nitrogen functional groups attached to an aromatic ring is 1. The van der Waals surface area contributed by atoms with Gasteiger partial charge < -0.3 is 10.6 Å². The van der Waals surface area contributed by atoms with Crippen molar-refractivity contribution in [2.75, 3.05) is 12.8 Å². The normalized spacial score (nSPS) is 10.6. The molecule has 0 atom stereocenters. The Balaban J connectivity index is 0.00000169. The first kappa shape index (κ1) is 13.2. The highest BCUT2D eigenvalue weighted by atomic mass is 35.5. The minimum atomic E-state index is -0.729. The van der Waals surface area contributed by atoms with Crippen LogP contribution in [0, 0.1) is 0 Å². The van der Waals surface area contributed by atoms with Crippen molar-refractivity contribution < 1.29 is 9.63 Å². The van der Waals surface area contributed by atoms with Crippen molar-refractivity contribution in [1.29, 1.82) is 0 Å². The molecule has 0 amide bonds. The lowest BCUT2D eigenvalue weighted by molar-refractivity contribution is -0.106. The van der Waals surface area contributed by atoms with E-state index in [1.807, 2.05) is 0 Å². The van der Waals surface area contributed by atoms with Gasteiger partial charge in [-0.25, -0.2) is 4.98 Å². The van der Waals surface area contributed by atoms with Crippen LogP contribution in [-0.2, 0) is 9.63 Å². The minimum absolute atomic E-state index is 0. The van der Waals surface area contributed by atoms with Crippen LogP contribution in [0.1, 0.15) is 5.69 Å². The number of carbonyl (C=O) groups is 1. The van der Waals surface area contributed by atoms with E-state index in [9.17, 15) is 4.79 Å². The highest BCUT2D eigenvalue weighted by Gasteiger charge is 2.15. The van der Waals surface area contributed by atoms with Crippen molar-refractivity contribution in [3.8, 4) is 0 Å². The lowest BCUT2D eigenvalue weighted by Gasteiger charge is -1.94. The SMILES string of the molecule is CO/N=C(\C(=O)Cl)c1csc(N)n1.Cl. The highest BCUT2D eigenvalue weighted by molar-refractivity contribution is 7.13. The van der Waals surface area contributed by atoms with Gasteiger partial charge in [-0.15, -0.1) is 23.7 Å². The van der Waals surface area contributed by atoms with Crippen LogP contribution in [0.25, 0.3) is 0 Å². The van der Waals surface area contributed by atoms with Crippen molar-refractivity contribution in [2.24, 2.45) is 5.16 Å². The smallest absolute Gasteiger partial charge is 0.276 e. The Morgan fingerprint density at radius 1 is 1.79 bits per heavy atom. The summed E-state index contributed by atoms with van der Waals surface area (Å²) in [5.74, 6) is 0. The van der Waals surface area contributed by atoms with Crippen molar-refractivity contribution in [2.45, 2.75) is 0 Å². The van der Waals surface area contributed by atoms with Crippen LogP contribution >= 0.6 is 35.3 Å². The van der Waals surface area contributed by atoms with Gasteiger partial charge in [0.2, 0.25) is 0 Å².